The van der Waals surface area contributed by atoms with Crippen LogP contribution in [0.25, 0.3) is 0 Å². The summed E-state index contributed by atoms with van der Waals surface area (Å²) in [4.78, 5) is 14.6. The van der Waals surface area contributed by atoms with Gasteiger partial charge in [-0.05, 0) is 63.9 Å². The van der Waals surface area contributed by atoms with E-state index in [1.54, 1.807) is 18.2 Å². The fourth-order valence-electron chi connectivity index (χ4n) is 2.70. The highest BCUT2D eigenvalue weighted by Crippen LogP contribution is 2.25. The van der Waals surface area contributed by atoms with Crippen LogP contribution in [0.2, 0.25) is 0 Å². The maximum atomic E-state index is 12.8. The first-order chi connectivity index (χ1) is 9.99. The fourth-order valence-corrected chi connectivity index (χ4v) is 3.07. The van der Waals surface area contributed by atoms with Gasteiger partial charge in [-0.25, -0.2) is 0 Å². The van der Waals surface area contributed by atoms with Crippen LogP contribution >= 0.6 is 15.9 Å². The van der Waals surface area contributed by atoms with Gasteiger partial charge in [-0.2, -0.15) is 0 Å². The molecule has 2 N–H and O–H groups in total. The van der Waals surface area contributed by atoms with Crippen molar-refractivity contribution in [2.24, 2.45) is 5.92 Å². The second-order valence-electron chi connectivity index (χ2n) is 5.91. The highest BCUT2D eigenvalue weighted by Gasteiger charge is 2.25. The molecule has 116 valence electrons. The van der Waals surface area contributed by atoms with Gasteiger partial charge in [-0.1, -0.05) is 15.9 Å². The van der Waals surface area contributed by atoms with Crippen LogP contribution in [-0.4, -0.2) is 41.6 Å². The monoisotopic (exact) mass is 354 g/mol. The van der Waals surface area contributed by atoms with Crippen LogP contribution in [0.4, 0.5) is 0 Å². The molecule has 1 heterocycles. The standard InChI is InChI=1S/C16H23BrN2O2/c1-11(2)19(10-12-5-7-18-8-6-12)16(21)14-9-13(17)3-4-15(14)20/h3-4,9,11-12,18,20H,5-8,10H2,1-2H3. The third-order valence-electron chi connectivity index (χ3n) is 3.99. The lowest BCUT2D eigenvalue weighted by atomic mass is 9.96. The molecule has 5 heteroatoms. The second kappa shape index (κ2) is 7.27. The van der Waals surface area contributed by atoms with E-state index in [2.05, 4.69) is 21.2 Å². The number of carbonyl (C=O) groups is 1. The van der Waals surface area contributed by atoms with E-state index in [4.69, 9.17) is 0 Å². The van der Waals surface area contributed by atoms with Crippen LogP contribution in [-0.2, 0) is 0 Å². The zero-order valence-corrected chi connectivity index (χ0v) is 14.2. The average molecular weight is 355 g/mol. The lowest BCUT2D eigenvalue weighted by Gasteiger charge is -2.33. The van der Waals surface area contributed by atoms with Gasteiger partial charge in [0.25, 0.3) is 5.91 Å². The number of hydrogen-bond acceptors (Lipinski definition) is 3. The maximum absolute atomic E-state index is 12.8. The number of carbonyl (C=O) groups excluding carboxylic acids is 1. The number of hydrogen-bond donors (Lipinski definition) is 2. The molecule has 0 aromatic heterocycles. The van der Waals surface area contributed by atoms with E-state index in [9.17, 15) is 9.90 Å². The van der Waals surface area contributed by atoms with E-state index < -0.39 is 0 Å². The first kappa shape index (κ1) is 16.3. The number of rotatable bonds is 4. The van der Waals surface area contributed by atoms with Crippen molar-refractivity contribution in [2.45, 2.75) is 32.7 Å². The Morgan fingerprint density at radius 1 is 1.43 bits per heavy atom. The Balaban J connectivity index is 2.16. The Kier molecular flexibility index (Phi) is 5.65. The Hall–Kier alpha value is -1.07. The van der Waals surface area contributed by atoms with Gasteiger partial charge >= 0.3 is 0 Å². The maximum Gasteiger partial charge on any atom is 0.257 e. The summed E-state index contributed by atoms with van der Waals surface area (Å²) < 4.78 is 0.800. The van der Waals surface area contributed by atoms with Gasteiger partial charge in [0.05, 0.1) is 5.56 Å². The minimum absolute atomic E-state index is 0.0409. The van der Waals surface area contributed by atoms with E-state index in [0.29, 0.717) is 11.5 Å². The van der Waals surface area contributed by atoms with Crippen molar-refractivity contribution in [2.75, 3.05) is 19.6 Å². The predicted octanol–water partition coefficient (Wildman–Crippen LogP) is 3.00. The molecule has 1 amide bonds. The van der Waals surface area contributed by atoms with Gasteiger partial charge in [0.1, 0.15) is 5.75 Å². The zero-order chi connectivity index (χ0) is 15.4. The van der Waals surface area contributed by atoms with Crippen LogP contribution in [0.5, 0.6) is 5.75 Å². The van der Waals surface area contributed by atoms with Crippen LogP contribution in [0.15, 0.2) is 22.7 Å². The van der Waals surface area contributed by atoms with Gasteiger partial charge < -0.3 is 15.3 Å². The molecule has 2 rings (SSSR count). The molecular weight excluding hydrogens is 332 g/mol. The van der Waals surface area contributed by atoms with Crippen molar-refractivity contribution in [1.29, 1.82) is 0 Å². The van der Waals surface area contributed by atoms with Crippen molar-refractivity contribution in [3.63, 3.8) is 0 Å². The summed E-state index contributed by atoms with van der Waals surface area (Å²) in [5, 5.41) is 13.3. The van der Waals surface area contributed by atoms with Crippen LogP contribution in [0, 0.1) is 5.92 Å². The van der Waals surface area contributed by atoms with Gasteiger partial charge in [0.2, 0.25) is 0 Å². The number of phenolic OH excluding ortho intramolecular Hbond substituents is 1. The minimum atomic E-state index is -0.0951. The van der Waals surface area contributed by atoms with Crippen molar-refractivity contribution < 1.29 is 9.90 Å². The summed E-state index contributed by atoms with van der Waals surface area (Å²) >= 11 is 3.36. The number of aromatic hydroxyl groups is 1. The molecule has 1 aliphatic heterocycles. The topological polar surface area (TPSA) is 52.6 Å². The minimum Gasteiger partial charge on any atom is -0.507 e. The fraction of sp³-hybridized carbons (Fsp3) is 0.562. The third-order valence-corrected chi connectivity index (χ3v) is 4.48. The van der Waals surface area contributed by atoms with Crippen LogP contribution < -0.4 is 5.32 Å². The highest BCUT2D eigenvalue weighted by atomic mass is 79.9. The molecule has 21 heavy (non-hydrogen) atoms. The van der Waals surface area contributed by atoms with Gasteiger partial charge in [0, 0.05) is 17.1 Å². The molecule has 0 unspecified atom stereocenters. The largest absolute Gasteiger partial charge is 0.507 e. The lowest BCUT2D eigenvalue weighted by Crippen LogP contribution is -2.43. The summed E-state index contributed by atoms with van der Waals surface area (Å²) in [7, 11) is 0. The van der Waals surface area contributed by atoms with Crippen molar-refractivity contribution in [3.05, 3.63) is 28.2 Å². The number of amides is 1. The normalized spacial score (nSPS) is 16.2. The smallest absolute Gasteiger partial charge is 0.257 e. The summed E-state index contributed by atoms with van der Waals surface area (Å²) in [5.41, 5.74) is 0.368. The molecule has 4 nitrogen and oxygen atoms in total. The Bertz CT molecular complexity index is 499. The molecule has 1 saturated heterocycles. The number of nitrogens with one attached hydrogen (secondary N) is 1. The third kappa shape index (κ3) is 4.20. The summed E-state index contributed by atoms with van der Waals surface area (Å²) in [5.74, 6) is 0.480. The van der Waals surface area contributed by atoms with Gasteiger partial charge in [-0.15, -0.1) is 0 Å². The van der Waals surface area contributed by atoms with Gasteiger partial charge in [-0.3, -0.25) is 4.79 Å². The molecule has 0 saturated carbocycles. The number of phenols is 1. The molecule has 1 aliphatic rings. The van der Waals surface area contributed by atoms with E-state index in [1.165, 1.54) is 0 Å². The number of benzene rings is 1. The molecule has 1 aromatic rings. The second-order valence-corrected chi connectivity index (χ2v) is 6.82. The zero-order valence-electron chi connectivity index (χ0n) is 12.6. The van der Waals surface area contributed by atoms with E-state index in [-0.39, 0.29) is 17.7 Å². The number of halogens is 1. The number of piperidine rings is 1. The van der Waals surface area contributed by atoms with E-state index in [0.717, 1.165) is 36.9 Å². The van der Waals surface area contributed by atoms with Crippen LogP contribution in [0.1, 0.15) is 37.0 Å². The van der Waals surface area contributed by atoms with Crippen molar-refractivity contribution in [3.8, 4) is 5.75 Å². The lowest BCUT2D eigenvalue weighted by molar-refractivity contribution is 0.0655. The molecule has 1 aromatic carbocycles. The van der Waals surface area contributed by atoms with Crippen molar-refractivity contribution in [1.82, 2.24) is 10.2 Å². The molecule has 1 fully saturated rings. The van der Waals surface area contributed by atoms with Crippen LogP contribution in [0.3, 0.4) is 0 Å². The molecule has 0 radical (unpaired) electrons. The number of nitrogens with zero attached hydrogens (tertiary/aromatic N) is 1. The Morgan fingerprint density at radius 2 is 2.10 bits per heavy atom. The summed E-state index contributed by atoms with van der Waals surface area (Å²) in [6, 6.07) is 5.10. The predicted molar refractivity (Wildman–Crippen MR) is 87.6 cm³/mol. The molecular formula is C16H23BrN2O2. The quantitative estimate of drug-likeness (QED) is 0.873. The molecule has 0 atom stereocenters. The van der Waals surface area contributed by atoms with Crippen molar-refractivity contribution >= 4 is 21.8 Å². The molecule has 0 spiro atoms. The van der Waals surface area contributed by atoms with Gasteiger partial charge in [0.15, 0.2) is 0 Å². The Morgan fingerprint density at radius 3 is 2.71 bits per heavy atom. The average Bonchev–Trinajstić information content (AvgIpc) is 2.47. The SMILES string of the molecule is CC(C)N(CC1CCNCC1)C(=O)c1cc(Br)ccc1O. The molecule has 0 aliphatic carbocycles. The highest BCUT2D eigenvalue weighted by molar-refractivity contribution is 9.10. The van der Waals surface area contributed by atoms with E-state index in [1.807, 2.05) is 18.7 Å². The first-order valence-corrected chi connectivity index (χ1v) is 8.28. The Labute approximate surface area is 134 Å². The first-order valence-electron chi connectivity index (χ1n) is 7.49. The van der Waals surface area contributed by atoms with E-state index >= 15 is 0 Å². The summed E-state index contributed by atoms with van der Waals surface area (Å²) in [6.07, 6.45) is 2.20. The summed E-state index contributed by atoms with van der Waals surface area (Å²) in [6.45, 7) is 6.84. The molecule has 0 bridgehead atoms.